The first-order chi connectivity index (χ1) is 10.5. The zero-order valence-corrected chi connectivity index (χ0v) is 12.3. The minimum Gasteiger partial charge on any atom is -0.391 e. The fourth-order valence-corrected chi connectivity index (χ4v) is 3.60. The summed E-state index contributed by atoms with van der Waals surface area (Å²) in [6, 6.07) is 5.73. The molecule has 2 heterocycles. The number of aliphatic hydroxyl groups excluding tert-OH is 1. The first-order valence-corrected chi connectivity index (χ1v) is 7.42. The maximum absolute atomic E-state index is 12.3. The molecule has 0 unspecified atom stereocenters. The molecule has 0 aliphatic carbocycles. The van der Waals surface area contributed by atoms with Crippen LogP contribution in [0.15, 0.2) is 24.3 Å². The molecule has 7 nitrogen and oxygen atoms in total. The van der Waals surface area contributed by atoms with E-state index in [1.807, 2.05) is 7.05 Å². The van der Waals surface area contributed by atoms with E-state index in [1.165, 1.54) is 24.3 Å². The van der Waals surface area contributed by atoms with E-state index in [2.05, 4.69) is 10.2 Å². The summed E-state index contributed by atoms with van der Waals surface area (Å²) in [4.78, 5) is 24.7. The molecule has 1 aromatic rings. The maximum Gasteiger partial charge on any atom is 0.269 e. The Morgan fingerprint density at radius 3 is 2.68 bits per heavy atom. The molecule has 4 atom stereocenters. The van der Waals surface area contributed by atoms with Crippen molar-refractivity contribution in [2.75, 3.05) is 7.05 Å². The summed E-state index contributed by atoms with van der Waals surface area (Å²) in [6.07, 6.45) is 2.12. The number of hydrogen-bond acceptors (Lipinski definition) is 5. The van der Waals surface area contributed by atoms with Gasteiger partial charge in [-0.2, -0.15) is 0 Å². The molecule has 2 N–H and O–H groups in total. The van der Waals surface area contributed by atoms with E-state index in [4.69, 9.17) is 0 Å². The Morgan fingerprint density at radius 2 is 2.05 bits per heavy atom. The molecule has 1 aromatic carbocycles. The number of nitro groups is 1. The van der Waals surface area contributed by atoms with Gasteiger partial charge in [-0.25, -0.2) is 0 Å². The molecular weight excluding hydrogens is 286 g/mol. The molecule has 22 heavy (non-hydrogen) atoms. The topological polar surface area (TPSA) is 95.7 Å². The Balaban J connectivity index is 1.72. The van der Waals surface area contributed by atoms with Crippen LogP contribution in [0.25, 0.3) is 0 Å². The highest BCUT2D eigenvalue weighted by molar-refractivity contribution is 5.94. The molecule has 2 aliphatic heterocycles. The van der Waals surface area contributed by atoms with Crippen LogP contribution < -0.4 is 5.32 Å². The summed E-state index contributed by atoms with van der Waals surface area (Å²) in [7, 11) is 2.03. The number of aliphatic hydroxyl groups is 1. The third-order valence-corrected chi connectivity index (χ3v) is 4.88. The molecule has 0 saturated carbocycles. The van der Waals surface area contributed by atoms with Crippen molar-refractivity contribution in [3.05, 3.63) is 39.9 Å². The number of non-ortho nitro benzene ring substituents is 1. The van der Waals surface area contributed by atoms with Gasteiger partial charge in [-0.15, -0.1) is 0 Å². The molecule has 2 fully saturated rings. The monoisotopic (exact) mass is 305 g/mol. The summed E-state index contributed by atoms with van der Waals surface area (Å²) in [6.45, 7) is 0. The molecule has 0 aromatic heterocycles. The van der Waals surface area contributed by atoms with E-state index in [0.29, 0.717) is 18.0 Å². The highest BCUT2D eigenvalue weighted by Gasteiger charge is 2.45. The molecule has 1 amide bonds. The normalized spacial score (nSPS) is 31.0. The van der Waals surface area contributed by atoms with E-state index in [9.17, 15) is 20.0 Å². The van der Waals surface area contributed by atoms with Crippen LogP contribution in [0.3, 0.4) is 0 Å². The maximum atomic E-state index is 12.3. The Hall–Kier alpha value is -1.99. The van der Waals surface area contributed by atoms with Crippen LogP contribution >= 0.6 is 0 Å². The van der Waals surface area contributed by atoms with Gasteiger partial charge in [-0.05, 0) is 38.4 Å². The van der Waals surface area contributed by atoms with E-state index >= 15 is 0 Å². The number of benzene rings is 1. The lowest BCUT2D eigenvalue weighted by Gasteiger charge is -2.41. The Bertz CT molecular complexity index is 589. The molecule has 2 bridgehead atoms. The fraction of sp³-hybridized carbons (Fsp3) is 0.533. The van der Waals surface area contributed by atoms with Crippen LogP contribution in [0.4, 0.5) is 5.69 Å². The van der Waals surface area contributed by atoms with Gasteiger partial charge in [0, 0.05) is 29.8 Å². The van der Waals surface area contributed by atoms with Crippen molar-refractivity contribution in [2.24, 2.45) is 0 Å². The molecule has 0 radical (unpaired) electrons. The smallest absolute Gasteiger partial charge is 0.269 e. The van der Waals surface area contributed by atoms with Crippen molar-refractivity contribution in [2.45, 2.75) is 43.5 Å². The number of nitrogens with zero attached hydrogens (tertiary/aromatic N) is 2. The molecule has 7 heteroatoms. The third-order valence-electron chi connectivity index (χ3n) is 4.88. The molecule has 2 saturated heterocycles. The number of likely N-dealkylation sites (N-methyl/N-ethyl adjacent to an activating group) is 1. The second-order valence-corrected chi connectivity index (χ2v) is 6.07. The van der Waals surface area contributed by atoms with Gasteiger partial charge in [0.05, 0.1) is 17.1 Å². The summed E-state index contributed by atoms with van der Waals surface area (Å²) in [5, 5.41) is 23.8. The molecule has 0 spiro atoms. The average Bonchev–Trinajstić information content (AvgIpc) is 2.75. The standard InChI is InChI=1S/C15H19N3O4/c1-17-11-6-7-12(17)14(13(19)8-11)16-15(20)9-2-4-10(5-3-9)18(21)22/h2-5,11-14,19H,6-8H2,1H3,(H,16,20)/t11-,12+,13-,14+/m0/s1. The van der Waals surface area contributed by atoms with Gasteiger partial charge in [-0.1, -0.05) is 0 Å². The Labute approximate surface area is 128 Å². The lowest BCUT2D eigenvalue weighted by Crippen LogP contribution is -2.59. The number of fused-ring (bicyclic) bond motifs is 2. The van der Waals surface area contributed by atoms with Gasteiger partial charge < -0.3 is 10.4 Å². The third kappa shape index (κ3) is 2.57. The number of carbonyl (C=O) groups is 1. The lowest BCUT2D eigenvalue weighted by atomic mass is 9.94. The van der Waals surface area contributed by atoms with Crippen molar-refractivity contribution in [3.8, 4) is 0 Å². The van der Waals surface area contributed by atoms with Crippen LogP contribution in [0, 0.1) is 10.1 Å². The van der Waals surface area contributed by atoms with E-state index in [0.717, 1.165) is 12.8 Å². The van der Waals surface area contributed by atoms with Gasteiger partial charge in [0.25, 0.3) is 11.6 Å². The predicted molar refractivity (Wildman–Crippen MR) is 79.5 cm³/mol. The molecule has 3 rings (SSSR count). The lowest BCUT2D eigenvalue weighted by molar-refractivity contribution is -0.384. The quantitative estimate of drug-likeness (QED) is 0.639. The number of hydrogen-bond donors (Lipinski definition) is 2. The van der Waals surface area contributed by atoms with Gasteiger partial charge >= 0.3 is 0 Å². The summed E-state index contributed by atoms with van der Waals surface area (Å²) in [5.74, 6) is -0.308. The van der Waals surface area contributed by atoms with Crippen LogP contribution in [-0.4, -0.2) is 52.1 Å². The minimum atomic E-state index is -0.546. The zero-order valence-electron chi connectivity index (χ0n) is 12.3. The number of amides is 1. The Morgan fingerprint density at radius 1 is 1.36 bits per heavy atom. The molecule has 2 aliphatic rings. The molecule has 118 valence electrons. The van der Waals surface area contributed by atoms with E-state index in [-0.39, 0.29) is 23.7 Å². The second kappa shape index (κ2) is 5.66. The minimum absolute atomic E-state index is 0.0485. The first kappa shape index (κ1) is 14.9. The zero-order chi connectivity index (χ0) is 15.9. The highest BCUT2D eigenvalue weighted by Crippen LogP contribution is 2.34. The van der Waals surface area contributed by atoms with Crippen molar-refractivity contribution in [1.82, 2.24) is 10.2 Å². The van der Waals surface area contributed by atoms with Gasteiger partial charge in [0.2, 0.25) is 0 Å². The number of nitro benzene ring substituents is 1. The summed E-state index contributed by atoms with van der Waals surface area (Å²) >= 11 is 0. The Kier molecular flexibility index (Phi) is 3.84. The van der Waals surface area contributed by atoms with Gasteiger partial charge in [0.1, 0.15) is 0 Å². The van der Waals surface area contributed by atoms with Crippen molar-refractivity contribution in [1.29, 1.82) is 0 Å². The van der Waals surface area contributed by atoms with Crippen molar-refractivity contribution >= 4 is 11.6 Å². The fourth-order valence-electron chi connectivity index (χ4n) is 3.60. The predicted octanol–water partition coefficient (Wildman–Crippen LogP) is 0.921. The summed E-state index contributed by atoms with van der Waals surface area (Å²) < 4.78 is 0. The highest BCUT2D eigenvalue weighted by atomic mass is 16.6. The van der Waals surface area contributed by atoms with Crippen LogP contribution in [-0.2, 0) is 0 Å². The average molecular weight is 305 g/mol. The van der Waals surface area contributed by atoms with Crippen LogP contribution in [0.1, 0.15) is 29.6 Å². The largest absolute Gasteiger partial charge is 0.391 e. The van der Waals surface area contributed by atoms with Gasteiger partial charge in [-0.3, -0.25) is 19.8 Å². The van der Waals surface area contributed by atoms with Gasteiger partial charge in [0.15, 0.2) is 0 Å². The number of rotatable bonds is 3. The van der Waals surface area contributed by atoms with E-state index < -0.39 is 11.0 Å². The van der Waals surface area contributed by atoms with Crippen LogP contribution in [0.2, 0.25) is 0 Å². The number of carbonyl (C=O) groups excluding carboxylic acids is 1. The number of nitrogens with one attached hydrogen (secondary N) is 1. The summed E-state index contributed by atoms with van der Waals surface area (Å²) in [5.41, 5.74) is 0.313. The van der Waals surface area contributed by atoms with Crippen molar-refractivity contribution in [3.63, 3.8) is 0 Å². The second-order valence-electron chi connectivity index (χ2n) is 6.07. The van der Waals surface area contributed by atoms with Crippen molar-refractivity contribution < 1.29 is 14.8 Å². The van der Waals surface area contributed by atoms with E-state index in [1.54, 1.807) is 0 Å². The SMILES string of the molecule is CN1[C@H]2CC[C@@H]1[C@@H](NC(=O)c1ccc([N+](=O)[O-])cc1)[C@@H](O)C2. The first-order valence-electron chi connectivity index (χ1n) is 7.42. The number of piperidine rings is 1. The van der Waals surface area contributed by atoms with Crippen LogP contribution in [0.5, 0.6) is 0 Å². The molecular formula is C15H19N3O4.